The summed E-state index contributed by atoms with van der Waals surface area (Å²) in [6, 6.07) is 0. The zero-order valence-electron chi connectivity index (χ0n) is 6.09. The second-order valence-electron chi connectivity index (χ2n) is 2.45. The Morgan fingerprint density at radius 3 is 2.89 bits per heavy atom. The predicted molar refractivity (Wildman–Crippen MR) is 41.7 cm³/mol. The van der Waals surface area contributed by atoms with E-state index in [1.807, 2.05) is 11.8 Å². The molecule has 1 aliphatic heterocycles. The standard InChI is InChI=1S/C7H14OS/c1-3-4-7-5-8-6(2)9-7/h6-7H,3-5H2,1-2H3/t6-,7-/m1/s1. The minimum atomic E-state index is 0.446. The summed E-state index contributed by atoms with van der Waals surface area (Å²) >= 11 is 1.97. The van der Waals surface area contributed by atoms with Crippen LogP contribution in [-0.2, 0) is 4.74 Å². The molecule has 0 aromatic carbocycles. The quantitative estimate of drug-likeness (QED) is 0.591. The SMILES string of the molecule is CCC[C@@H]1CO[C@@H](C)S1. The first-order chi connectivity index (χ1) is 4.33. The summed E-state index contributed by atoms with van der Waals surface area (Å²) in [5.74, 6) is 0. The minimum absolute atomic E-state index is 0.446. The van der Waals surface area contributed by atoms with Crippen molar-refractivity contribution >= 4 is 11.8 Å². The molecule has 0 saturated carbocycles. The molecule has 54 valence electrons. The summed E-state index contributed by atoms with van der Waals surface area (Å²) in [4.78, 5) is 0. The van der Waals surface area contributed by atoms with Crippen molar-refractivity contribution in [1.29, 1.82) is 0 Å². The molecule has 1 aliphatic rings. The lowest BCUT2D eigenvalue weighted by Crippen LogP contribution is -2.00. The zero-order chi connectivity index (χ0) is 6.69. The van der Waals surface area contributed by atoms with E-state index in [0.717, 1.165) is 11.9 Å². The molecule has 1 nitrogen and oxygen atoms in total. The van der Waals surface area contributed by atoms with E-state index in [0.29, 0.717) is 5.44 Å². The molecular weight excluding hydrogens is 132 g/mol. The number of ether oxygens (including phenoxy) is 1. The van der Waals surface area contributed by atoms with Crippen LogP contribution in [0, 0.1) is 0 Å². The van der Waals surface area contributed by atoms with E-state index in [-0.39, 0.29) is 0 Å². The van der Waals surface area contributed by atoms with Gasteiger partial charge in [-0.1, -0.05) is 13.3 Å². The smallest absolute Gasteiger partial charge is 0.100 e. The highest BCUT2D eigenvalue weighted by molar-refractivity contribution is 8.00. The predicted octanol–water partition coefficient (Wildman–Crippen LogP) is 2.26. The van der Waals surface area contributed by atoms with E-state index in [9.17, 15) is 0 Å². The number of hydrogen-bond donors (Lipinski definition) is 0. The van der Waals surface area contributed by atoms with Gasteiger partial charge >= 0.3 is 0 Å². The van der Waals surface area contributed by atoms with Crippen molar-refractivity contribution in [2.75, 3.05) is 6.61 Å². The Morgan fingerprint density at radius 1 is 1.67 bits per heavy atom. The first kappa shape index (κ1) is 7.42. The molecular formula is C7H14OS. The molecule has 0 bridgehead atoms. The maximum absolute atomic E-state index is 5.38. The van der Waals surface area contributed by atoms with Crippen molar-refractivity contribution < 1.29 is 4.74 Å². The second kappa shape index (κ2) is 3.47. The van der Waals surface area contributed by atoms with Crippen molar-refractivity contribution in [3.8, 4) is 0 Å². The Labute approximate surface area is 61.2 Å². The average molecular weight is 146 g/mol. The average Bonchev–Trinajstić information content (AvgIpc) is 2.17. The lowest BCUT2D eigenvalue weighted by molar-refractivity contribution is 0.144. The summed E-state index contributed by atoms with van der Waals surface area (Å²) in [7, 11) is 0. The maximum Gasteiger partial charge on any atom is 0.100 e. The van der Waals surface area contributed by atoms with E-state index in [4.69, 9.17) is 4.74 Å². The van der Waals surface area contributed by atoms with E-state index >= 15 is 0 Å². The fraction of sp³-hybridized carbons (Fsp3) is 1.00. The zero-order valence-corrected chi connectivity index (χ0v) is 6.91. The van der Waals surface area contributed by atoms with Crippen LogP contribution in [0.5, 0.6) is 0 Å². The highest BCUT2D eigenvalue weighted by atomic mass is 32.2. The van der Waals surface area contributed by atoms with Crippen LogP contribution in [0.3, 0.4) is 0 Å². The van der Waals surface area contributed by atoms with Crippen LogP contribution in [0.25, 0.3) is 0 Å². The topological polar surface area (TPSA) is 9.23 Å². The van der Waals surface area contributed by atoms with Crippen molar-refractivity contribution in [3.63, 3.8) is 0 Å². The number of rotatable bonds is 2. The normalized spacial score (nSPS) is 35.3. The fourth-order valence-electron chi connectivity index (χ4n) is 1.07. The Kier molecular flexibility index (Phi) is 2.86. The molecule has 0 N–H and O–H groups in total. The summed E-state index contributed by atoms with van der Waals surface area (Å²) < 4.78 is 5.38. The molecule has 0 aromatic rings. The molecule has 2 heteroatoms. The molecule has 0 radical (unpaired) electrons. The van der Waals surface area contributed by atoms with E-state index in [1.165, 1.54) is 12.8 Å². The third kappa shape index (κ3) is 2.18. The molecule has 9 heavy (non-hydrogen) atoms. The van der Waals surface area contributed by atoms with Crippen LogP contribution >= 0.6 is 11.8 Å². The van der Waals surface area contributed by atoms with Crippen molar-refractivity contribution in [2.45, 2.75) is 37.4 Å². The third-order valence-corrected chi connectivity index (χ3v) is 2.79. The molecule has 0 aliphatic carbocycles. The summed E-state index contributed by atoms with van der Waals surface area (Å²) in [5.41, 5.74) is 0.446. The monoisotopic (exact) mass is 146 g/mol. The minimum Gasteiger partial charge on any atom is -0.367 e. The molecule has 0 amide bonds. The van der Waals surface area contributed by atoms with E-state index < -0.39 is 0 Å². The lowest BCUT2D eigenvalue weighted by Gasteiger charge is -2.01. The van der Waals surface area contributed by atoms with Crippen LogP contribution in [0.4, 0.5) is 0 Å². The van der Waals surface area contributed by atoms with Gasteiger partial charge in [0.05, 0.1) is 6.61 Å². The summed E-state index contributed by atoms with van der Waals surface area (Å²) in [5, 5.41) is 0.782. The van der Waals surface area contributed by atoms with Gasteiger partial charge in [-0.15, -0.1) is 11.8 Å². The Hall–Kier alpha value is 0.310. The first-order valence-electron chi connectivity index (χ1n) is 3.60. The lowest BCUT2D eigenvalue weighted by atomic mass is 10.3. The van der Waals surface area contributed by atoms with Gasteiger partial charge in [0.2, 0.25) is 0 Å². The molecule has 1 heterocycles. The van der Waals surface area contributed by atoms with Gasteiger partial charge in [-0.05, 0) is 13.3 Å². The largest absolute Gasteiger partial charge is 0.367 e. The van der Waals surface area contributed by atoms with Gasteiger partial charge in [0.15, 0.2) is 0 Å². The van der Waals surface area contributed by atoms with Gasteiger partial charge in [0.25, 0.3) is 0 Å². The van der Waals surface area contributed by atoms with Crippen molar-refractivity contribution in [3.05, 3.63) is 0 Å². The Balaban J connectivity index is 2.14. The van der Waals surface area contributed by atoms with Crippen LogP contribution in [0.15, 0.2) is 0 Å². The number of hydrogen-bond acceptors (Lipinski definition) is 2. The highest BCUT2D eigenvalue weighted by Gasteiger charge is 2.20. The van der Waals surface area contributed by atoms with Gasteiger partial charge in [-0.3, -0.25) is 0 Å². The maximum atomic E-state index is 5.38. The van der Waals surface area contributed by atoms with Crippen molar-refractivity contribution in [2.24, 2.45) is 0 Å². The molecule has 2 atom stereocenters. The summed E-state index contributed by atoms with van der Waals surface area (Å²) in [6.07, 6.45) is 2.60. The van der Waals surface area contributed by atoms with E-state index in [2.05, 4.69) is 13.8 Å². The molecule has 1 saturated heterocycles. The molecule has 0 spiro atoms. The number of thioether (sulfide) groups is 1. The summed E-state index contributed by atoms with van der Waals surface area (Å²) in [6.45, 7) is 5.32. The third-order valence-electron chi connectivity index (χ3n) is 1.51. The van der Waals surface area contributed by atoms with Crippen molar-refractivity contribution in [1.82, 2.24) is 0 Å². The Bertz CT molecular complexity index is 83.0. The van der Waals surface area contributed by atoms with Crippen LogP contribution in [0.1, 0.15) is 26.7 Å². The second-order valence-corrected chi connectivity index (χ2v) is 4.05. The van der Waals surface area contributed by atoms with Crippen LogP contribution in [0.2, 0.25) is 0 Å². The van der Waals surface area contributed by atoms with Gasteiger partial charge in [0.1, 0.15) is 5.44 Å². The molecule has 0 aromatic heterocycles. The van der Waals surface area contributed by atoms with Crippen LogP contribution < -0.4 is 0 Å². The van der Waals surface area contributed by atoms with Gasteiger partial charge < -0.3 is 4.74 Å². The van der Waals surface area contributed by atoms with E-state index in [1.54, 1.807) is 0 Å². The van der Waals surface area contributed by atoms with Gasteiger partial charge in [-0.2, -0.15) is 0 Å². The molecule has 1 fully saturated rings. The Morgan fingerprint density at radius 2 is 2.44 bits per heavy atom. The highest BCUT2D eigenvalue weighted by Crippen LogP contribution is 2.29. The fourth-order valence-corrected chi connectivity index (χ4v) is 2.29. The van der Waals surface area contributed by atoms with Gasteiger partial charge in [0, 0.05) is 5.25 Å². The van der Waals surface area contributed by atoms with Crippen LogP contribution in [-0.4, -0.2) is 17.3 Å². The molecule has 0 unspecified atom stereocenters. The van der Waals surface area contributed by atoms with Gasteiger partial charge in [-0.25, -0.2) is 0 Å². The molecule has 1 rings (SSSR count). The first-order valence-corrected chi connectivity index (χ1v) is 4.54.